The Balaban J connectivity index is 1.55. The predicted octanol–water partition coefficient (Wildman–Crippen LogP) is 3.39. The number of ketones is 4. The van der Waals surface area contributed by atoms with E-state index in [-0.39, 0.29) is 35.0 Å². The van der Waals surface area contributed by atoms with Crippen LogP contribution in [0.25, 0.3) is 21.9 Å². The van der Waals surface area contributed by atoms with Crippen LogP contribution in [0.1, 0.15) is 59.9 Å². The van der Waals surface area contributed by atoms with E-state index in [1.807, 2.05) is 0 Å². The van der Waals surface area contributed by atoms with Gasteiger partial charge in [0.25, 0.3) is 5.56 Å². The van der Waals surface area contributed by atoms with Crippen molar-refractivity contribution < 1.29 is 44.1 Å². The summed E-state index contributed by atoms with van der Waals surface area (Å²) >= 11 is 0. The van der Waals surface area contributed by atoms with Crippen LogP contribution in [0.2, 0.25) is 0 Å². The fourth-order valence-corrected chi connectivity index (χ4v) is 7.17. The number of pyridine rings is 1. The van der Waals surface area contributed by atoms with Crippen LogP contribution >= 0.6 is 0 Å². The molecule has 0 saturated carbocycles. The van der Waals surface area contributed by atoms with Crippen molar-refractivity contribution in [2.24, 2.45) is 5.16 Å². The van der Waals surface area contributed by atoms with E-state index in [1.54, 1.807) is 36.4 Å². The number of ether oxygens (including phenoxy) is 1. The fourth-order valence-electron chi connectivity index (χ4n) is 7.17. The van der Waals surface area contributed by atoms with Gasteiger partial charge in [0.1, 0.15) is 29.8 Å². The molecule has 7 rings (SSSR count). The Hall–Kier alpha value is -6.04. The van der Waals surface area contributed by atoms with Crippen molar-refractivity contribution in [3.05, 3.63) is 97.7 Å². The summed E-state index contributed by atoms with van der Waals surface area (Å²) in [5.74, 6) is -6.10. The maximum absolute atomic E-state index is 14.6. The second-order valence-electron chi connectivity index (χ2n) is 11.2. The number of fused-ring (bicyclic) bond motifs is 5. The van der Waals surface area contributed by atoms with E-state index in [0.717, 1.165) is 13.2 Å². The number of aromatic hydroxyl groups is 3. The van der Waals surface area contributed by atoms with Gasteiger partial charge >= 0.3 is 0 Å². The normalized spacial score (nSPS) is 18.6. The molecule has 12 heteroatoms. The molecule has 1 atom stereocenters. The van der Waals surface area contributed by atoms with Gasteiger partial charge in [-0.1, -0.05) is 35.5 Å². The number of nitrogens with one attached hydrogen (secondary N) is 1. The van der Waals surface area contributed by atoms with Crippen molar-refractivity contribution in [3.63, 3.8) is 0 Å². The number of aromatic nitrogens is 1. The first-order valence-corrected chi connectivity index (χ1v) is 14.2. The largest absolute Gasteiger partial charge is 0.507 e. The number of hydrogen-bond acceptors (Lipinski definition) is 11. The van der Waals surface area contributed by atoms with Crippen LogP contribution in [0.15, 0.2) is 58.2 Å². The first-order chi connectivity index (χ1) is 22.1. The third kappa shape index (κ3) is 3.60. The molecule has 0 bridgehead atoms. The Morgan fingerprint density at radius 3 is 2.33 bits per heavy atom. The average Bonchev–Trinajstić information content (AvgIpc) is 3.44. The van der Waals surface area contributed by atoms with Gasteiger partial charge in [-0.05, 0) is 35.6 Å². The van der Waals surface area contributed by atoms with Gasteiger partial charge in [0.05, 0.1) is 41.1 Å². The number of nitrogens with zero attached hydrogens (tertiary/aromatic N) is 1. The second-order valence-corrected chi connectivity index (χ2v) is 11.2. The van der Waals surface area contributed by atoms with Crippen LogP contribution in [0, 0.1) is 0 Å². The molecule has 3 aliphatic carbocycles. The number of carbonyl (C=O) groups excluding carboxylic acids is 4. The third-order valence-corrected chi connectivity index (χ3v) is 9.09. The van der Waals surface area contributed by atoms with Crippen molar-refractivity contribution in [3.8, 4) is 28.4 Å². The van der Waals surface area contributed by atoms with E-state index in [1.165, 1.54) is 13.3 Å². The molecule has 0 aliphatic heterocycles. The van der Waals surface area contributed by atoms with Gasteiger partial charge in [0.15, 0.2) is 23.1 Å². The van der Waals surface area contributed by atoms with Gasteiger partial charge in [-0.15, -0.1) is 0 Å². The number of H-pyrrole nitrogens is 1. The number of methoxy groups -OCH3 is 1. The Morgan fingerprint density at radius 2 is 1.63 bits per heavy atom. The molecule has 3 aliphatic rings. The molecule has 0 saturated heterocycles. The Labute approximate surface area is 259 Å². The fraction of sp³-hybridized carbons (Fsp3) is 0.176. The third-order valence-electron chi connectivity index (χ3n) is 9.09. The summed E-state index contributed by atoms with van der Waals surface area (Å²) < 4.78 is 4.98. The van der Waals surface area contributed by atoms with E-state index in [2.05, 4.69) is 10.1 Å². The molecule has 1 spiro atoms. The van der Waals surface area contributed by atoms with Crippen LogP contribution in [0.4, 0.5) is 0 Å². The van der Waals surface area contributed by atoms with E-state index in [4.69, 9.17) is 9.57 Å². The monoisotopic (exact) mass is 620 g/mol. The van der Waals surface area contributed by atoms with E-state index in [9.17, 15) is 39.3 Å². The molecule has 0 fully saturated rings. The quantitative estimate of drug-likeness (QED) is 0.114. The van der Waals surface area contributed by atoms with Crippen molar-refractivity contribution in [1.82, 2.24) is 4.98 Å². The minimum absolute atomic E-state index is 0.0835. The number of Topliss-reactive ketones (excluding diaryl/α,β-unsaturated/α-hetero) is 3. The van der Waals surface area contributed by atoms with E-state index < -0.39 is 80.2 Å². The second kappa shape index (κ2) is 9.99. The van der Waals surface area contributed by atoms with Gasteiger partial charge in [0.2, 0.25) is 5.78 Å². The first-order valence-electron chi connectivity index (χ1n) is 14.2. The molecule has 1 unspecified atom stereocenters. The van der Waals surface area contributed by atoms with Gasteiger partial charge in [0, 0.05) is 29.0 Å². The van der Waals surface area contributed by atoms with Gasteiger partial charge in [-0.2, -0.15) is 0 Å². The lowest BCUT2D eigenvalue weighted by molar-refractivity contribution is -0.122. The predicted molar refractivity (Wildman–Crippen MR) is 163 cm³/mol. The Kier molecular flexibility index (Phi) is 6.24. The zero-order valence-electron chi connectivity index (χ0n) is 24.4. The molecule has 4 aromatic rings. The maximum Gasteiger partial charge on any atom is 0.260 e. The number of benzene rings is 3. The highest BCUT2D eigenvalue weighted by Gasteiger charge is 2.58. The zero-order chi connectivity index (χ0) is 32.7. The van der Waals surface area contributed by atoms with Crippen molar-refractivity contribution in [2.45, 2.75) is 24.7 Å². The van der Waals surface area contributed by atoms with E-state index in [0.29, 0.717) is 22.1 Å². The summed E-state index contributed by atoms with van der Waals surface area (Å²) in [5, 5.41) is 38.3. The molecule has 1 heterocycles. The Morgan fingerprint density at radius 1 is 0.891 bits per heavy atom. The summed E-state index contributed by atoms with van der Waals surface area (Å²) in [6.07, 6.45) is 1.53. The lowest BCUT2D eigenvalue weighted by Crippen LogP contribution is -2.47. The van der Waals surface area contributed by atoms with Crippen LogP contribution in [0.3, 0.4) is 0 Å². The van der Waals surface area contributed by atoms with Gasteiger partial charge in [-0.25, -0.2) is 0 Å². The summed E-state index contributed by atoms with van der Waals surface area (Å²) in [6, 6.07) is 10.6. The molecule has 12 nitrogen and oxygen atoms in total. The lowest BCUT2D eigenvalue weighted by atomic mass is 9.64. The molecule has 230 valence electrons. The number of allylic oxidation sites excluding steroid dienone is 2. The maximum atomic E-state index is 14.6. The number of aromatic amines is 1. The molecule has 4 N–H and O–H groups in total. The zero-order valence-corrected chi connectivity index (χ0v) is 24.4. The number of phenols is 3. The molecule has 0 amide bonds. The molecule has 3 aromatic carbocycles. The first kappa shape index (κ1) is 28.7. The van der Waals surface area contributed by atoms with Crippen molar-refractivity contribution >= 4 is 40.1 Å². The molecular formula is C34H24N2O10. The number of phenolic OH excluding ortho intramolecular Hbond substituents is 3. The number of rotatable bonds is 4. The molecule has 46 heavy (non-hydrogen) atoms. The minimum atomic E-state index is -2.08. The summed E-state index contributed by atoms with van der Waals surface area (Å²) in [7, 11) is 2.49. The highest BCUT2D eigenvalue weighted by molar-refractivity contribution is 6.31. The van der Waals surface area contributed by atoms with Gasteiger partial charge < -0.3 is 29.9 Å². The van der Waals surface area contributed by atoms with Crippen molar-refractivity contribution in [1.29, 1.82) is 0 Å². The summed E-state index contributed by atoms with van der Waals surface area (Å²) in [4.78, 5) is 75.8. The van der Waals surface area contributed by atoms with Gasteiger partial charge in [-0.3, -0.25) is 24.0 Å². The lowest BCUT2D eigenvalue weighted by Gasteiger charge is -2.35. The summed E-state index contributed by atoms with van der Waals surface area (Å²) in [6.45, 7) is 0. The van der Waals surface area contributed by atoms with E-state index >= 15 is 0 Å². The number of oxime groups is 1. The van der Waals surface area contributed by atoms with Crippen LogP contribution < -0.4 is 5.56 Å². The molecular weight excluding hydrogens is 596 g/mol. The topological polar surface area (TPSA) is 193 Å². The number of carbonyl (C=O) groups is 4. The minimum Gasteiger partial charge on any atom is -0.507 e. The standard InChI is InChI=1S/C34H24N2O10/c1-45-20-12-19(37)25-26(29(20)40)30(41)23-18(28(25)39)11-21(38)34(32(23)43)9-8-16-22(14-6-4-3-5-7-14)17-10-15(13-35-46-2)36-33(44)24(17)31(42)27(16)34/h3-7,10,12-13,39,41-42H,8-9,11H2,1-2H3,(H,36,44)/b35-13+. The van der Waals surface area contributed by atoms with Crippen molar-refractivity contribution in [2.75, 3.05) is 14.2 Å². The van der Waals surface area contributed by atoms with Crippen LogP contribution in [-0.4, -0.2) is 63.9 Å². The highest BCUT2D eigenvalue weighted by Crippen LogP contribution is 2.56. The van der Waals surface area contributed by atoms with Crippen LogP contribution in [0.5, 0.6) is 17.2 Å². The Bertz CT molecular complexity index is 2230. The molecule has 0 radical (unpaired) electrons. The highest BCUT2D eigenvalue weighted by atomic mass is 16.6. The summed E-state index contributed by atoms with van der Waals surface area (Å²) in [5.41, 5.74) is -2.97. The smallest absolute Gasteiger partial charge is 0.260 e. The average molecular weight is 621 g/mol. The van der Waals surface area contributed by atoms with Crippen LogP contribution in [-0.2, 0) is 32.6 Å². The molecule has 1 aromatic heterocycles. The number of hydrogen-bond donors (Lipinski definition) is 4. The SMILES string of the molecule is CO/N=C/c1cc2c(-c3ccccc3)c3c(c(O)c2c(=O)[nH]1)C1(CC3)C(=O)Cc2c(O)c3c(c(O)c2C1=O)C(=O)C(OC)=CC3=O.